The minimum Gasteiger partial charge on any atom is -0.474 e. The second-order valence-corrected chi connectivity index (χ2v) is 7.56. The van der Waals surface area contributed by atoms with Crippen LogP contribution < -0.4 is 9.64 Å². The molecule has 0 unspecified atom stereocenters. The van der Waals surface area contributed by atoms with E-state index in [0.29, 0.717) is 36.4 Å². The zero-order chi connectivity index (χ0) is 19.6. The Kier molecular flexibility index (Phi) is 4.75. The van der Waals surface area contributed by atoms with Crippen LogP contribution >= 0.6 is 0 Å². The molecule has 8 heteroatoms. The molecule has 1 saturated heterocycles. The average molecular weight is 393 g/mol. The molecule has 8 nitrogen and oxygen atoms in total. The molecule has 0 N–H and O–H groups in total. The lowest BCUT2D eigenvalue weighted by atomic mass is 9.96. The van der Waals surface area contributed by atoms with E-state index in [1.165, 1.54) is 6.42 Å². The van der Waals surface area contributed by atoms with Crippen LogP contribution in [0.3, 0.4) is 0 Å². The highest BCUT2D eigenvalue weighted by atomic mass is 16.5. The van der Waals surface area contributed by atoms with Crippen molar-refractivity contribution in [3.05, 3.63) is 42.4 Å². The van der Waals surface area contributed by atoms with Crippen molar-refractivity contribution in [3.8, 4) is 5.88 Å². The molecule has 1 aliphatic carbocycles. The molecule has 2 aromatic heterocycles. The van der Waals surface area contributed by atoms with Crippen LogP contribution in [0.2, 0.25) is 0 Å². The topological polar surface area (TPSA) is 84.6 Å². The first-order valence-corrected chi connectivity index (χ1v) is 10.1. The molecule has 1 aromatic carbocycles. The van der Waals surface area contributed by atoms with Crippen LogP contribution in [-0.2, 0) is 11.2 Å². The number of carbonyl (C=O) groups is 1. The number of anilines is 1. The largest absolute Gasteiger partial charge is 0.474 e. The highest BCUT2D eigenvalue weighted by Gasteiger charge is 2.25. The normalized spacial score (nSPS) is 17.4. The summed E-state index contributed by atoms with van der Waals surface area (Å²) in [7, 11) is 0. The summed E-state index contributed by atoms with van der Waals surface area (Å²) in [5.74, 6) is 1.56. The fourth-order valence-electron chi connectivity index (χ4n) is 3.73. The van der Waals surface area contributed by atoms with Gasteiger partial charge in [0.1, 0.15) is 23.9 Å². The fraction of sp³-hybridized carbons (Fsp3) is 0.429. The molecule has 5 rings (SSSR count). The smallest absolute Gasteiger partial charge is 0.228 e. The predicted octanol–water partition coefficient (Wildman–Crippen LogP) is 2.44. The Labute approximate surface area is 168 Å². The zero-order valence-corrected chi connectivity index (χ0v) is 16.2. The highest BCUT2D eigenvalue weighted by molar-refractivity contribution is 5.86. The molecule has 2 aliphatic rings. The van der Waals surface area contributed by atoms with Gasteiger partial charge in [0.25, 0.3) is 0 Å². The van der Waals surface area contributed by atoms with Gasteiger partial charge in [-0.2, -0.15) is 0 Å². The van der Waals surface area contributed by atoms with Crippen LogP contribution in [0.25, 0.3) is 11.0 Å². The van der Waals surface area contributed by atoms with Crippen molar-refractivity contribution in [2.24, 2.45) is 0 Å². The quantitative estimate of drug-likeness (QED) is 0.658. The van der Waals surface area contributed by atoms with E-state index in [1.807, 2.05) is 35.2 Å². The van der Waals surface area contributed by atoms with E-state index < -0.39 is 0 Å². The zero-order valence-electron chi connectivity index (χ0n) is 16.2. The van der Waals surface area contributed by atoms with Gasteiger partial charge < -0.3 is 19.1 Å². The van der Waals surface area contributed by atoms with Gasteiger partial charge in [-0.1, -0.05) is 17.3 Å². The molecule has 1 saturated carbocycles. The molecule has 1 amide bonds. The first kappa shape index (κ1) is 17.9. The van der Waals surface area contributed by atoms with Crippen LogP contribution in [0.15, 0.2) is 41.2 Å². The SMILES string of the molecule is O=C(Cc1noc2ccccc12)N1CCN(c2cc(OC3CCC3)ncn2)CC1. The third-order valence-electron chi connectivity index (χ3n) is 5.69. The lowest BCUT2D eigenvalue weighted by molar-refractivity contribution is -0.130. The number of hydrogen-bond donors (Lipinski definition) is 0. The summed E-state index contributed by atoms with van der Waals surface area (Å²) in [4.78, 5) is 25.4. The predicted molar refractivity (Wildman–Crippen MR) is 107 cm³/mol. The van der Waals surface area contributed by atoms with Gasteiger partial charge in [0.15, 0.2) is 5.58 Å². The number of nitrogens with zero attached hydrogens (tertiary/aromatic N) is 5. The van der Waals surface area contributed by atoms with Gasteiger partial charge in [-0.15, -0.1) is 0 Å². The third kappa shape index (κ3) is 3.74. The summed E-state index contributed by atoms with van der Waals surface area (Å²) >= 11 is 0. The van der Waals surface area contributed by atoms with Crippen LogP contribution in [0.5, 0.6) is 5.88 Å². The number of para-hydroxylation sites is 1. The number of aromatic nitrogens is 3. The Hall–Kier alpha value is -3.16. The first-order valence-electron chi connectivity index (χ1n) is 10.1. The van der Waals surface area contributed by atoms with Gasteiger partial charge >= 0.3 is 0 Å². The molecule has 2 fully saturated rings. The molecule has 3 aromatic rings. The van der Waals surface area contributed by atoms with Gasteiger partial charge in [-0.05, 0) is 31.4 Å². The van der Waals surface area contributed by atoms with Crippen molar-refractivity contribution >= 4 is 22.7 Å². The highest BCUT2D eigenvalue weighted by Crippen LogP contribution is 2.26. The Morgan fingerprint density at radius 2 is 1.97 bits per heavy atom. The van der Waals surface area contributed by atoms with Gasteiger partial charge in [0, 0.05) is 37.6 Å². The van der Waals surface area contributed by atoms with E-state index in [-0.39, 0.29) is 12.3 Å². The number of amides is 1. The minimum absolute atomic E-state index is 0.0698. The number of ether oxygens (including phenoxy) is 1. The molecule has 3 heterocycles. The van der Waals surface area contributed by atoms with E-state index in [9.17, 15) is 4.79 Å². The van der Waals surface area contributed by atoms with Crippen LogP contribution in [0.4, 0.5) is 5.82 Å². The Morgan fingerprint density at radius 1 is 1.14 bits per heavy atom. The van der Waals surface area contributed by atoms with E-state index in [0.717, 1.165) is 37.1 Å². The van der Waals surface area contributed by atoms with Crippen LogP contribution in [-0.4, -0.2) is 58.2 Å². The van der Waals surface area contributed by atoms with Gasteiger partial charge in [0.2, 0.25) is 11.8 Å². The third-order valence-corrected chi connectivity index (χ3v) is 5.69. The molecular weight excluding hydrogens is 370 g/mol. The summed E-state index contributed by atoms with van der Waals surface area (Å²) in [5, 5.41) is 4.98. The summed E-state index contributed by atoms with van der Waals surface area (Å²) < 4.78 is 11.2. The van der Waals surface area contributed by atoms with Crippen molar-refractivity contribution in [2.45, 2.75) is 31.8 Å². The number of benzene rings is 1. The summed E-state index contributed by atoms with van der Waals surface area (Å²) in [5.41, 5.74) is 1.41. The van der Waals surface area contributed by atoms with Crippen molar-refractivity contribution in [1.82, 2.24) is 20.0 Å². The first-order chi connectivity index (χ1) is 14.3. The lowest BCUT2D eigenvalue weighted by Crippen LogP contribution is -2.49. The molecule has 0 radical (unpaired) electrons. The second kappa shape index (κ2) is 7.69. The number of carbonyl (C=O) groups excluding carboxylic acids is 1. The maximum atomic E-state index is 12.7. The molecule has 29 heavy (non-hydrogen) atoms. The van der Waals surface area contributed by atoms with E-state index in [4.69, 9.17) is 9.26 Å². The lowest BCUT2D eigenvalue weighted by Gasteiger charge is -2.35. The minimum atomic E-state index is 0.0698. The van der Waals surface area contributed by atoms with Crippen molar-refractivity contribution in [3.63, 3.8) is 0 Å². The van der Waals surface area contributed by atoms with E-state index in [2.05, 4.69) is 20.0 Å². The fourth-order valence-corrected chi connectivity index (χ4v) is 3.73. The van der Waals surface area contributed by atoms with E-state index >= 15 is 0 Å². The molecule has 1 aliphatic heterocycles. The Morgan fingerprint density at radius 3 is 2.76 bits per heavy atom. The number of rotatable bonds is 5. The van der Waals surface area contributed by atoms with Gasteiger partial charge in [0.05, 0.1) is 6.42 Å². The molecular formula is C21H23N5O3. The van der Waals surface area contributed by atoms with Crippen molar-refractivity contribution < 1.29 is 14.1 Å². The molecule has 150 valence electrons. The number of fused-ring (bicyclic) bond motifs is 1. The van der Waals surface area contributed by atoms with E-state index in [1.54, 1.807) is 6.33 Å². The number of hydrogen-bond acceptors (Lipinski definition) is 7. The Balaban J connectivity index is 1.19. The molecule has 0 atom stereocenters. The standard InChI is InChI=1S/C21H23N5O3/c27-21(12-17-16-6-1-2-7-18(16)29-24-17)26-10-8-25(9-11-26)19-13-20(23-14-22-19)28-15-4-3-5-15/h1-2,6-7,13-15H,3-5,8-12H2. The summed E-state index contributed by atoms with van der Waals surface area (Å²) in [6.45, 7) is 2.76. The summed E-state index contributed by atoms with van der Waals surface area (Å²) in [6.07, 6.45) is 5.52. The van der Waals surface area contributed by atoms with Crippen LogP contribution in [0.1, 0.15) is 25.0 Å². The second-order valence-electron chi connectivity index (χ2n) is 7.56. The van der Waals surface area contributed by atoms with Crippen molar-refractivity contribution in [1.29, 1.82) is 0 Å². The average Bonchev–Trinajstić information content (AvgIpc) is 3.14. The maximum Gasteiger partial charge on any atom is 0.228 e. The molecule has 0 spiro atoms. The maximum absolute atomic E-state index is 12.7. The molecule has 0 bridgehead atoms. The monoisotopic (exact) mass is 393 g/mol. The van der Waals surface area contributed by atoms with Crippen molar-refractivity contribution in [2.75, 3.05) is 31.1 Å². The Bertz CT molecular complexity index is 1010. The van der Waals surface area contributed by atoms with Crippen LogP contribution in [0, 0.1) is 0 Å². The summed E-state index contributed by atoms with van der Waals surface area (Å²) in [6, 6.07) is 9.52. The number of piperazine rings is 1. The van der Waals surface area contributed by atoms with Gasteiger partial charge in [-0.25, -0.2) is 9.97 Å². The van der Waals surface area contributed by atoms with Gasteiger partial charge in [-0.3, -0.25) is 4.79 Å².